The van der Waals surface area contributed by atoms with E-state index in [2.05, 4.69) is 37.0 Å². The molecule has 134 valence electrons. The highest BCUT2D eigenvalue weighted by Gasteiger charge is 2.21. The van der Waals surface area contributed by atoms with Crippen LogP contribution in [0.15, 0.2) is 30.7 Å². The van der Waals surface area contributed by atoms with Crippen LogP contribution in [0.25, 0.3) is 21.3 Å². The Balaban J connectivity index is 1.58. The lowest BCUT2D eigenvalue weighted by atomic mass is 9.97. The summed E-state index contributed by atoms with van der Waals surface area (Å²) < 4.78 is 0. The predicted octanol–water partition coefficient (Wildman–Crippen LogP) is 2.73. The van der Waals surface area contributed by atoms with Gasteiger partial charge < -0.3 is 16.0 Å². The molecule has 0 spiro atoms. The quantitative estimate of drug-likeness (QED) is 0.656. The summed E-state index contributed by atoms with van der Waals surface area (Å²) in [5.41, 5.74) is 1.80. The zero-order valence-electron chi connectivity index (χ0n) is 14.5. The summed E-state index contributed by atoms with van der Waals surface area (Å²) in [4.78, 5) is 26.6. The molecule has 8 heteroatoms. The van der Waals surface area contributed by atoms with Gasteiger partial charge in [-0.2, -0.15) is 0 Å². The van der Waals surface area contributed by atoms with Crippen LogP contribution in [0.3, 0.4) is 0 Å². The van der Waals surface area contributed by atoms with E-state index >= 15 is 0 Å². The van der Waals surface area contributed by atoms with Crippen LogP contribution in [-0.2, 0) is 4.79 Å². The molecule has 4 rings (SSSR count). The van der Waals surface area contributed by atoms with Crippen molar-refractivity contribution in [2.45, 2.75) is 12.8 Å². The normalized spacial score (nSPS) is 15.1. The SMILES string of the molecule is CNc1ncc(-c2cnc3cnc(NC(=O)C4CCNCC4)cc3c2)s1. The second kappa shape index (κ2) is 7.35. The van der Waals surface area contributed by atoms with E-state index in [9.17, 15) is 4.79 Å². The van der Waals surface area contributed by atoms with Crippen LogP contribution in [-0.4, -0.2) is 41.0 Å². The van der Waals surface area contributed by atoms with E-state index in [1.165, 1.54) is 0 Å². The highest BCUT2D eigenvalue weighted by Crippen LogP contribution is 2.30. The predicted molar refractivity (Wildman–Crippen MR) is 104 cm³/mol. The summed E-state index contributed by atoms with van der Waals surface area (Å²) in [6.07, 6.45) is 7.09. The van der Waals surface area contributed by atoms with Gasteiger partial charge in [-0.05, 0) is 38.1 Å². The van der Waals surface area contributed by atoms with E-state index in [0.29, 0.717) is 5.82 Å². The molecule has 4 heterocycles. The van der Waals surface area contributed by atoms with Crippen LogP contribution < -0.4 is 16.0 Å². The largest absolute Gasteiger partial charge is 0.365 e. The maximum Gasteiger partial charge on any atom is 0.228 e. The number of nitrogens with one attached hydrogen (secondary N) is 3. The Kier molecular flexibility index (Phi) is 4.77. The number of piperidine rings is 1. The van der Waals surface area contributed by atoms with Crippen molar-refractivity contribution in [3.05, 3.63) is 30.7 Å². The molecule has 0 bridgehead atoms. The first-order chi connectivity index (χ1) is 12.7. The van der Waals surface area contributed by atoms with Crippen molar-refractivity contribution in [3.8, 4) is 10.4 Å². The monoisotopic (exact) mass is 368 g/mol. The van der Waals surface area contributed by atoms with Gasteiger partial charge in [0, 0.05) is 36.3 Å². The summed E-state index contributed by atoms with van der Waals surface area (Å²) >= 11 is 1.57. The van der Waals surface area contributed by atoms with Gasteiger partial charge in [0.2, 0.25) is 5.91 Å². The van der Waals surface area contributed by atoms with E-state index in [4.69, 9.17) is 0 Å². The smallest absolute Gasteiger partial charge is 0.228 e. The van der Waals surface area contributed by atoms with Crippen LogP contribution >= 0.6 is 11.3 Å². The van der Waals surface area contributed by atoms with Crippen LogP contribution in [0, 0.1) is 5.92 Å². The van der Waals surface area contributed by atoms with Crippen LogP contribution in [0.2, 0.25) is 0 Å². The summed E-state index contributed by atoms with van der Waals surface area (Å²) in [7, 11) is 1.85. The van der Waals surface area contributed by atoms with Crippen molar-refractivity contribution in [1.82, 2.24) is 20.3 Å². The minimum atomic E-state index is 0.0450. The molecule has 0 unspecified atom stereocenters. The fourth-order valence-electron chi connectivity index (χ4n) is 3.07. The first-order valence-electron chi connectivity index (χ1n) is 8.64. The number of amides is 1. The third-order valence-corrected chi connectivity index (χ3v) is 5.60. The number of pyridine rings is 2. The number of rotatable bonds is 4. The van der Waals surface area contributed by atoms with E-state index < -0.39 is 0 Å². The average Bonchev–Trinajstić information content (AvgIpc) is 3.17. The number of nitrogens with zero attached hydrogens (tertiary/aromatic N) is 3. The fourth-order valence-corrected chi connectivity index (χ4v) is 3.82. The average molecular weight is 368 g/mol. The van der Waals surface area contributed by atoms with Gasteiger partial charge in [-0.25, -0.2) is 9.97 Å². The van der Waals surface area contributed by atoms with Crippen LogP contribution in [0.5, 0.6) is 0 Å². The van der Waals surface area contributed by atoms with Gasteiger partial charge in [0.1, 0.15) is 5.82 Å². The van der Waals surface area contributed by atoms with Gasteiger partial charge in [-0.3, -0.25) is 9.78 Å². The zero-order valence-corrected chi connectivity index (χ0v) is 15.3. The molecule has 1 saturated heterocycles. The van der Waals surface area contributed by atoms with Crippen molar-refractivity contribution >= 4 is 39.1 Å². The van der Waals surface area contributed by atoms with Crippen molar-refractivity contribution in [3.63, 3.8) is 0 Å². The second-order valence-electron chi connectivity index (χ2n) is 6.28. The summed E-state index contributed by atoms with van der Waals surface area (Å²) in [5, 5.41) is 11.1. The molecule has 0 aromatic carbocycles. The molecule has 7 nitrogen and oxygen atoms in total. The number of anilines is 2. The number of carbonyl (C=O) groups is 1. The van der Waals surface area contributed by atoms with Crippen molar-refractivity contribution in [1.29, 1.82) is 0 Å². The molecule has 3 N–H and O–H groups in total. The van der Waals surface area contributed by atoms with E-state index in [1.807, 2.05) is 25.5 Å². The summed E-state index contributed by atoms with van der Waals surface area (Å²) in [5.74, 6) is 0.666. The Morgan fingerprint density at radius 2 is 2.00 bits per heavy atom. The number of hydrogen-bond acceptors (Lipinski definition) is 7. The molecule has 1 fully saturated rings. The van der Waals surface area contributed by atoms with Crippen molar-refractivity contribution in [2.75, 3.05) is 30.8 Å². The number of fused-ring (bicyclic) bond motifs is 1. The number of thiazole rings is 1. The lowest BCUT2D eigenvalue weighted by molar-refractivity contribution is -0.120. The van der Waals surface area contributed by atoms with Gasteiger partial charge in [0.15, 0.2) is 5.13 Å². The van der Waals surface area contributed by atoms with Crippen LogP contribution in [0.4, 0.5) is 10.9 Å². The maximum atomic E-state index is 12.4. The number of hydrogen-bond donors (Lipinski definition) is 3. The topological polar surface area (TPSA) is 91.8 Å². The summed E-state index contributed by atoms with van der Waals surface area (Å²) in [6, 6.07) is 3.93. The minimum absolute atomic E-state index is 0.0450. The van der Waals surface area contributed by atoms with Gasteiger partial charge in [0.05, 0.1) is 16.6 Å². The van der Waals surface area contributed by atoms with Gasteiger partial charge in [-0.15, -0.1) is 0 Å². The number of aromatic nitrogens is 3. The Bertz CT molecular complexity index is 934. The highest BCUT2D eigenvalue weighted by atomic mass is 32.1. The first-order valence-corrected chi connectivity index (χ1v) is 9.46. The third kappa shape index (κ3) is 3.51. The Hall–Kier alpha value is -2.58. The minimum Gasteiger partial charge on any atom is -0.365 e. The molecule has 1 aliphatic rings. The Morgan fingerprint density at radius 3 is 2.77 bits per heavy atom. The molecule has 0 aliphatic carbocycles. The molecule has 0 atom stereocenters. The van der Waals surface area contributed by atoms with E-state index in [0.717, 1.165) is 52.4 Å². The van der Waals surface area contributed by atoms with Gasteiger partial charge in [-0.1, -0.05) is 11.3 Å². The molecular weight excluding hydrogens is 348 g/mol. The number of carbonyl (C=O) groups excluding carboxylic acids is 1. The highest BCUT2D eigenvalue weighted by molar-refractivity contribution is 7.18. The summed E-state index contributed by atoms with van der Waals surface area (Å²) in [6.45, 7) is 1.78. The van der Waals surface area contributed by atoms with Crippen molar-refractivity contribution < 1.29 is 4.79 Å². The molecule has 0 saturated carbocycles. The van der Waals surface area contributed by atoms with Crippen LogP contribution in [0.1, 0.15) is 12.8 Å². The van der Waals surface area contributed by atoms with Crippen molar-refractivity contribution in [2.24, 2.45) is 5.92 Å². The van der Waals surface area contributed by atoms with Gasteiger partial charge in [0.25, 0.3) is 0 Å². The molecule has 1 aliphatic heterocycles. The Labute approximate surface area is 155 Å². The second-order valence-corrected chi connectivity index (χ2v) is 7.31. The first kappa shape index (κ1) is 16.9. The van der Waals surface area contributed by atoms with E-state index in [-0.39, 0.29) is 11.8 Å². The molecule has 3 aromatic heterocycles. The molecule has 1 amide bonds. The van der Waals surface area contributed by atoms with E-state index in [1.54, 1.807) is 17.5 Å². The molecular formula is C18H20N6OS. The molecule has 3 aromatic rings. The van der Waals surface area contributed by atoms with Gasteiger partial charge >= 0.3 is 0 Å². The standard InChI is InChI=1S/C18H20N6OS/c1-19-18-23-10-15(26-18)13-6-12-7-16(22-9-14(12)21-8-13)24-17(25)11-2-4-20-5-3-11/h6-11,20H,2-5H2,1H3,(H,19,23)(H,22,24,25). The lowest BCUT2D eigenvalue weighted by Crippen LogP contribution is -2.34. The Morgan fingerprint density at radius 1 is 1.15 bits per heavy atom. The zero-order chi connectivity index (χ0) is 17.9. The molecule has 26 heavy (non-hydrogen) atoms. The third-order valence-electron chi connectivity index (χ3n) is 4.53. The lowest BCUT2D eigenvalue weighted by Gasteiger charge is -2.21. The maximum absolute atomic E-state index is 12.4. The fraction of sp³-hybridized carbons (Fsp3) is 0.333. The molecule has 0 radical (unpaired) electrons.